The third-order valence-electron chi connectivity index (χ3n) is 4.92. The van der Waals surface area contributed by atoms with E-state index in [-0.39, 0.29) is 18.0 Å². The molecule has 0 spiro atoms. The van der Waals surface area contributed by atoms with E-state index in [0.29, 0.717) is 34.9 Å². The lowest BCUT2D eigenvalue weighted by atomic mass is 10.1. The molecule has 0 bridgehead atoms. The van der Waals surface area contributed by atoms with Crippen LogP contribution in [0.15, 0.2) is 71.9 Å². The molecule has 1 amide bonds. The van der Waals surface area contributed by atoms with Gasteiger partial charge in [-0.1, -0.05) is 54.1 Å². The zero-order chi connectivity index (χ0) is 21.8. The molecule has 0 saturated carbocycles. The SMILES string of the molecule is COCCn1cnc2c(-c3ccccc3)cn(CC(=O)Nc3ccccc3Cl)c2c1=O. The van der Waals surface area contributed by atoms with Crippen molar-refractivity contribution in [3.63, 3.8) is 0 Å². The lowest BCUT2D eigenvalue weighted by molar-refractivity contribution is -0.116. The Morgan fingerprint density at radius 3 is 2.58 bits per heavy atom. The van der Waals surface area contributed by atoms with Crippen LogP contribution in [0.1, 0.15) is 0 Å². The van der Waals surface area contributed by atoms with Crippen molar-refractivity contribution in [1.29, 1.82) is 0 Å². The molecule has 0 unspecified atom stereocenters. The first-order valence-corrected chi connectivity index (χ1v) is 10.1. The maximum absolute atomic E-state index is 13.2. The Balaban J connectivity index is 1.76. The summed E-state index contributed by atoms with van der Waals surface area (Å²) in [5, 5.41) is 3.25. The molecule has 2 heterocycles. The minimum absolute atomic E-state index is 0.0558. The maximum Gasteiger partial charge on any atom is 0.277 e. The number of nitrogens with one attached hydrogen (secondary N) is 1. The number of ether oxygens (including phenoxy) is 1. The van der Waals surface area contributed by atoms with E-state index in [4.69, 9.17) is 16.3 Å². The Labute approximate surface area is 183 Å². The Hall–Kier alpha value is -3.42. The fraction of sp³-hybridized carbons (Fsp3) is 0.174. The van der Waals surface area contributed by atoms with Crippen LogP contribution in [0.2, 0.25) is 5.02 Å². The molecule has 7 nitrogen and oxygen atoms in total. The average Bonchev–Trinajstić information content (AvgIpc) is 3.14. The van der Waals surface area contributed by atoms with E-state index < -0.39 is 0 Å². The predicted molar refractivity (Wildman–Crippen MR) is 121 cm³/mol. The highest BCUT2D eigenvalue weighted by molar-refractivity contribution is 6.33. The van der Waals surface area contributed by atoms with Crippen molar-refractivity contribution in [3.8, 4) is 11.1 Å². The summed E-state index contributed by atoms with van der Waals surface area (Å²) in [5.74, 6) is -0.295. The van der Waals surface area contributed by atoms with E-state index >= 15 is 0 Å². The summed E-state index contributed by atoms with van der Waals surface area (Å²) in [6.45, 7) is 0.696. The largest absolute Gasteiger partial charge is 0.383 e. The minimum Gasteiger partial charge on any atom is -0.383 e. The van der Waals surface area contributed by atoms with E-state index in [0.717, 1.165) is 11.1 Å². The van der Waals surface area contributed by atoms with Gasteiger partial charge in [-0.2, -0.15) is 0 Å². The van der Waals surface area contributed by atoms with E-state index in [9.17, 15) is 9.59 Å². The normalized spacial score (nSPS) is 11.0. The molecule has 0 aliphatic rings. The highest BCUT2D eigenvalue weighted by Crippen LogP contribution is 2.28. The summed E-state index contributed by atoms with van der Waals surface area (Å²) in [6.07, 6.45) is 3.31. The zero-order valence-corrected chi connectivity index (χ0v) is 17.7. The van der Waals surface area contributed by atoms with E-state index in [2.05, 4.69) is 10.3 Å². The molecule has 4 rings (SSSR count). The molecule has 0 fully saturated rings. The maximum atomic E-state index is 13.2. The van der Waals surface area contributed by atoms with Crippen molar-refractivity contribution in [2.75, 3.05) is 19.0 Å². The second-order valence-corrected chi connectivity index (χ2v) is 7.41. The summed E-state index contributed by atoms with van der Waals surface area (Å²) >= 11 is 6.15. The molecule has 0 atom stereocenters. The van der Waals surface area contributed by atoms with Crippen molar-refractivity contribution < 1.29 is 9.53 Å². The van der Waals surface area contributed by atoms with E-state index in [1.54, 1.807) is 42.1 Å². The number of rotatable bonds is 7. The number of hydrogen-bond donors (Lipinski definition) is 1. The van der Waals surface area contributed by atoms with Crippen LogP contribution in [-0.4, -0.2) is 33.7 Å². The quantitative estimate of drug-likeness (QED) is 0.478. The summed E-state index contributed by atoms with van der Waals surface area (Å²) in [5.41, 5.74) is 2.91. The number of nitrogens with zero attached hydrogens (tertiary/aromatic N) is 3. The number of halogens is 1. The number of hydrogen-bond acceptors (Lipinski definition) is 4. The van der Waals surface area contributed by atoms with Crippen molar-refractivity contribution in [2.24, 2.45) is 0 Å². The Morgan fingerprint density at radius 2 is 1.84 bits per heavy atom. The minimum atomic E-state index is -0.295. The second kappa shape index (κ2) is 9.16. The van der Waals surface area contributed by atoms with Crippen molar-refractivity contribution >= 4 is 34.2 Å². The Kier molecular flexibility index (Phi) is 6.16. The van der Waals surface area contributed by atoms with Gasteiger partial charge in [-0.25, -0.2) is 4.98 Å². The number of methoxy groups -OCH3 is 1. The number of benzene rings is 2. The summed E-state index contributed by atoms with van der Waals surface area (Å²) in [6, 6.07) is 16.7. The predicted octanol–water partition coefficient (Wildman–Crippen LogP) is 3.80. The van der Waals surface area contributed by atoms with Crippen molar-refractivity contribution in [1.82, 2.24) is 14.1 Å². The molecule has 2 aromatic heterocycles. The van der Waals surface area contributed by atoms with Gasteiger partial charge in [0.25, 0.3) is 5.56 Å². The van der Waals surface area contributed by atoms with Gasteiger partial charge >= 0.3 is 0 Å². The van der Waals surface area contributed by atoms with Gasteiger partial charge in [-0.15, -0.1) is 0 Å². The zero-order valence-electron chi connectivity index (χ0n) is 16.9. The van der Waals surface area contributed by atoms with E-state index in [1.807, 2.05) is 30.3 Å². The first-order valence-electron chi connectivity index (χ1n) is 9.75. The highest BCUT2D eigenvalue weighted by atomic mass is 35.5. The number of anilines is 1. The van der Waals surface area contributed by atoms with Crippen LogP contribution in [-0.2, 0) is 22.6 Å². The summed E-state index contributed by atoms with van der Waals surface area (Å²) < 4.78 is 8.22. The molecular formula is C23H21ClN4O3. The van der Waals surface area contributed by atoms with Gasteiger partial charge in [-0.05, 0) is 17.7 Å². The van der Waals surface area contributed by atoms with Crippen LogP contribution in [0.3, 0.4) is 0 Å². The molecule has 8 heteroatoms. The number of carbonyl (C=O) groups is 1. The van der Waals surface area contributed by atoms with Crippen molar-refractivity contribution in [2.45, 2.75) is 13.1 Å². The van der Waals surface area contributed by atoms with Crippen LogP contribution < -0.4 is 10.9 Å². The fourth-order valence-corrected chi connectivity index (χ4v) is 3.61. The number of aromatic nitrogens is 3. The van der Waals surface area contributed by atoms with E-state index in [1.165, 1.54) is 10.9 Å². The number of fused-ring (bicyclic) bond motifs is 1. The molecule has 31 heavy (non-hydrogen) atoms. The lowest BCUT2D eigenvalue weighted by Gasteiger charge is -2.09. The summed E-state index contributed by atoms with van der Waals surface area (Å²) in [4.78, 5) is 30.5. The fourth-order valence-electron chi connectivity index (χ4n) is 3.43. The topological polar surface area (TPSA) is 78.2 Å². The first-order chi connectivity index (χ1) is 15.1. The average molecular weight is 437 g/mol. The van der Waals surface area contributed by atoms with Gasteiger partial charge in [0.05, 0.1) is 30.2 Å². The standard InChI is InChI=1S/C23H21ClN4O3/c1-31-12-11-27-15-25-21-17(16-7-3-2-4-8-16)13-28(22(21)23(27)30)14-20(29)26-19-10-6-5-9-18(19)24/h2-10,13,15H,11-12,14H2,1H3,(H,26,29). The van der Waals surface area contributed by atoms with Gasteiger partial charge in [0, 0.05) is 18.9 Å². The lowest BCUT2D eigenvalue weighted by Crippen LogP contribution is -2.26. The van der Waals surface area contributed by atoms with Crippen LogP contribution in [0.25, 0.3) is 22.2 Å². The second-order valence-electron chi connectivity index (χ2n) is 7.00. The first kappa shape index (κ1) is 20.8. The van der Waals surface area contributed by atoms with Crippen molar-refractivity contribution in [3.05, 3.63) is 82.5 Å². The van der Waals surface area contributed by atoms with Gasteiger partial charge < -0.3 is 14.6 Å². The third-order valence-corrected chi connectivity index (χ3v) is 5.25. The van der Waals surface area contributed by atoms with Crippen LogP contribution in [0.5, 0.6) is 0 Å². The third kappa shape index (κ3) is 4.38. The monoisotopic (exact) mass is 436 g/mol. The smallest absolute Gasteiger partial charge is 0.277 e. The van der Waals surface area contributed by atoms with Gasteiger partial charge in [-0.3, -0.25) is 14.2 Å². The number of carbonyl (C=O) groups excluding carboxylic acids is 1. The molecule has 2 aromatic carbocycles. The highest BCUT2D eigenvalue weighted by Gasteiger charge is 2.18. The molecule has 158 valence electrons. The molecular weight excluding hydrogens is 416 g/mol. The summed E-state index contributed by atoms with van der Waals surface area (Å²) in [7, 11) is 1.58. The number of amides is 1. The van der Waals surface area contributed by atoms with Crippen LogP contribution in [0, 0.1) is 0 Å². The van der Waals surface area contributed by atoms with Gasteiger partial charge in [0.1, 0.15) is 17.6 Å². The molecule has 0 saturated heterocycles. The molecule has 0 radical (unpaired) electrons. The molecule has 4 aromatic rings. The Bertz CT molecular complexity index is 1280. The molecule has 0 aliphatic carbocycles. The van der Waals surface area contributed by atoms with Crippen LogP contribution >= 0.6 is 11.6 Å². The van der Waals surface area contributed by atoms with Gasteiger partial charge in [0.2, 0.25) is 5.91 Å². The van der Waals surface area contributed by atoms with Gasteiger partial charge in [0.15, 0.2) is 0 Å². The molecule has 1 N–H and O–H groups in total. The van der Waals surface area contributed by atoms with Crippen LogP contribution in [0.4, 0.5) is 5.69 Å². The Morgan fingerprint density at radius 1 is 1.10 bits per heavy atom. The number of para-hydroxylation sites is 1. The molecule has 0 aliphatic heterocycles.